The van der Waals surface area contributed by atoms with Gasteiger partial charge in [0.1, 0.15) is 24.3 Å². The molecule has 2 aromatic rings. The van der Waals surface area contributed by atoms with E-state index >= 15 is 0 Å². The summed E-state index contributed by atoms with van der Waals surface area (Å²) >= 11 is 6.31. The monoisotopic (exact) mass is 291 g/mol. The molecule has 1 saturated heterocycles. The van der Waals surface area contributed by atoms with E-state index in [4.69, 9.17) is 16.3 Å². The second kappa shape index (κ2) is 6.08. The Morgan fingerprint density at radius 1 is 1.45 bits per heavy atom. The first-order chi connectivity index (χ1) is 9.74. The molecule has 1 aromatic carbocycles. The maximum Gasteiger partial charge on any atom is 0.138 e. The van der Waals surface area contributed by atoms with Crippen molar-refractivity contribution in [3.63, 3.8) is 0 Å². The number of nitrogens with two attached hydrogens (primary N) is 1. The van der Waals surface area contributed by atoms with E-state index < -0.39 is 0 Å². The summed E-state index contributed by atoms with van der Waals surface area (Å²) in [6.07, 6.45) is 2.78. The van der Waals surface area contributed by atoms with Gasteiger partial charge >= 0.3 is 0 Å². The molecule has 1 aliphatic rings. The van der Waals surface area contributed by atoms with Crippen LogP contribution in [-0.4, -0.2) is 24.2 Å². The fourth-order valence-corrected chi connectivity index (χ4v) is 2.98. The first-order valence-electron chi connectivity index (χ1n) is 7.22. The summed E-state index contributed by atoms with van der Waals surface area (Å²) in [4.78, 5) is 4.54. The van der Waals surface area contributed by atoms with Gasteiger partial charge in [-0.3, -0.25) is 0 Å². The van der Waals surface area contributed by atoms with Crippen LogP contribution in [0.3, 0.4) is 0 Å². The maximum atomic E-state index is 6.31. The molecule has 1 aliphatic heterocycles. The second-order valence-electron chi connectivity index (χ2n) is 5.45. The number of pyridine rings is 1. The molecule has 1 atom stereocenters. The van der Waals surface area contributed by atoms with Gasteiger partial charge in [0.25, 0.3) is 0 Å². The predicted molar refractivity (Wildman–Crippen MR) is 81.0 cm³/mol. The highest BCUT2D eigenvalue weighted by Gasteiger charge is 2.17. The third-order valence-electron chi connectivity index (χ3n) is 3.89. The van der Waals surface area contributed by atoms with E-state index in [0.717, 1.165) is 36.2 Å². The third kappa shape index (κ3) is 2.95. The molecule has 2 N–H and O–H groups in total. The maximum absolute atomic E-state index is 6.31. The van der Waals surface area contributed by atoms with Gasteiger partial charge in [-0.25, -0.2) is 4.98 Å². The highest BCUT2D eigenvalue weighted by atomic mass is 35.5. The van der Waals surface area contributed by atoms with E-state index in [2.05, 4.69) is 41.5 Å². The van der Waals surface area contributed by atoms with Crippen LogP contribution in [0.1, 0.15) is 24.0 Å². The Hall–Kier alpha value is -1.16. The minimum absolute atomic E-state index is 0.407. The van der Waals surface area contributed by atoms with Gasteiger partial charge < -0.3 is 10.1 Å². The van der Waals surface area contributed by atoms with Crippen LogP contribution in [0.25, 0.3) is 10.9 Å². The molecule has 20 heavy (non-hydrogen) atoms. The summed E-state index contributed by atoms with van der Waals surface area (Å²) in [5.74, 6) is 0. The molecule has 0 radical (unpaired) electrons. The highest BCUT2D eigenvalue weighted by Crippen LogP contribution is 2.22. The number of nitrogens with zero attached hydrogens (tertiary/aromatic N) is 1. The van der Waals surface area contributed by atoms with Crippen molar-refractivity contribution in [2.45, 2.75) is 32.4 Å². The van der Waals surface area contributed by atoms with Crippen LogP contribution in [0.4, 0.5) is 0 Å². The largest absolute Gasteiger partial charge is 0.372 e. The van der Waals surface area contributed by atoms with Gasteiger partial charge in [0.05, 0.1) is 5.52 Å². The zero-order valence-corrected chi connectivity index (χ0v) is 12.5. The zero-order chi connectivity index (χ0) is 13.9. The molecule has 0 unspecified atom stereocenters. The van der Waals surface area contributed by atoms with Gasteiger partial charge in [0.15, 0.2) is 0 Å². The van der Waals surface area contributed by atoms with E-state index in [0.29, 0.717) is 11.3 Å². The van der Waals surface area contributed by atoms with E-state index in [1.807, 2.05) is 0 Å². The van der Waals surface area contributed by atoms with Crippen molar-refractivity contribution in [2.24, 2.45) is 0 Å². The van der Waals surface area contributed by atoms with E-state index in [-0.39, 0.29) is 0 Å². The number of aromatic nitrogens is 1. The minimum atomic E-state index is 0.407. The SMILES string of the molecule is Cc1cccc2cc(C[NH2+]C[C@@H]3CCCO3)c(Cl)nc12. The molecule has 4 heteroatoms. The zero-order valence-electron chi connectivity index (χ0n) is 11.7. The molecule has 3 nitrogen and oxygen atoms in total. The van der Waals surface area contributed by atoms with Crippen molar-refractivity contribution in [2.75, 3.05) is 13.2 Å². The van der Waals surface area contributed by atoms with Crippen molar-refractivity contribution in [3.8, 4) is 0 Å². The Kier molecular flexibility index (Phi) is 4.20. The number of para-hydroxylation sites is 1. The first kappa shape index (κ1) is 13.8. The fourth-order valence-electron chi connectivity index (χ4n) is 2.77. The van der Waals surface area contributed by atoms with Crippen molar-refractivity contribution in [1.82, 2.24) is 4.98 Å². The fraction of sp³-hybridized carbons (Fsp3) is 0.438. The number of fused-ring (bicyclic) bond motifs is 1. The Bertz CT molecular complexity index is 609. The molecule has 0 saturated carbocycles. The molecule has 0 amide bonds. The molecule has 0 bridgehead atoms. The predicted octanol–water partition coefficient (Wildman–Crippen LogP) is 2.44. The van der Waals surface area contributed by atoms with Crippen molar-refractivity contribution < 1.29 is 10.1 Å². The molecular formula is C16H20ClN2O+. The first-order valence-corrected chi connectivity index (χ1v) is 7.60. The summed E-state index contributed by atoms with van der Waals surface area (Å²) in [7, 11) is 0. The van der Waals surface area contributed by atoms with Crippen LogP contribution >= 0.6 is 11.6 Å². The third-order valence-corrected chi connectivity index (χ3v) is 4.22. The summed E-state index contributed by atoms with van der Waals surface area (Å²) in [6.45, 7) is 4.84. The number of halogens is 1. The van der Waals surface area contributed by atoms with Crippen molar-refractivity contribution in [1.29, 1.82) is 0 Å². The van der Waals surface area contributed by atoms with Gasteiger partial charge in [-0.15, -0.1) is 0 Å². The van der Waals surface area contributed by atoms with E-state index in [1.165, 1.54) is 18.4 Å². The number of aryl methyl sites for hydroxylation is 1. The minimum Gasteiger partial charge on any atom is -0.372 e. The van der Waals surface area contributed by atoms with E-state index in [1.54, 1.807) is 0 Å². The molecule has 3 rings (SSSR count). The Labute approximate surface area is 124 Å². The summed E-state index contributed by atoms with van der Waals surface area (Å²) in [5.41, 5.74) is 3.27. The second-order valence-corrected chi connectivity index (χ2v) is 5.81. The van der Waals surface area contributed by atoms with Crippen LogP contribution < -0.4 is 5.32 Å². The standard InChI is InChI=1S/C16H19ClN2O/c1-11-4-2-5-12-8-13(16(17)19-15(11)12)9-18-10-14-6-3-7-20-14/h2,4-5,8,14,18H,3,6-7,9-10H2,1H3/p+1/t14-/m0/s1. The number of hydrogen-bond acceptors (Lipinski definition) is 2. The number of rotatable bonds is 4. The van der Waals surface area contributed by atoms with Crippen LogP contribution in [0, 0.1) is 6.92 Å². The topological polar surface area (TPSA) is 38.7 Å². The summed E-state index contributed by atoms with van der Waals surface area (Å²) < 4.78 is 5.63. The lowest BCUT2D eigenvalue weighted by atomic mass is 10.1. The Morgan fingerprint density at radius 2 is 2.35 bits per heavy atom. The molecule has 1 fully saturated rings. The average Bonchev–Trinajstić information content (AvgIpc) is 2.94. The van der Waals surface area contributed by atoms with Crippen LogP contribution in [0.5, 0.6) is 0 Å². The normalized spacial score (nSPS) is 18.8. The van der Waals surface area contributed by atoms with Crippen LogP contribution in [0.2, 0.25) is 5.15 Å². The van der Waals surface area contributed by atoms with Crippen molar-refractivity contribution >= 4 is 22.5 Å². The molecule has 0 spiro atoms. The van der Waals surface area contributed by atoms with Gasteiger partial charge in [0.2, 0.25) is 0 Å². The summed E-state index contributed by atoms with van der Waals surface area (Å²) in [6, 6.07) is 8.38. The average molecular weight is 292 g/mol. The van der Waals surface area contributed by atoms with Gasteiger partial charge in [-0.1, -0.05) is 29.8 Å². The Morgan fingerprint density at radius 3 is 3.15 bits per heavy atom. The Balaban J connectivity index is 1.72. The smallest absolute Gasteiger partial charge is 0.138 e. The quantitative estimate of drug-likeness (QED) is 0.879. The lowest BCUT2D eigenvalue weighted by Crippen LogP contribution is -2.84. The number of hydrogen-bond donors (Lipinski definition) is 1. The van der Waals surface area contributed by atoms with Gasteiger partial charge in [0, 0.05) is 17.6 Å². The van der Waals surface area contributed by atoms with Crippen molar-refractivity contribution in [3.05, 3.63) is 40.5 Å². The number of quaternary nitrogens is 1. The number of ether oxygens (including phenoxy) is 1. The lowest BCUT2D eigenvalue weighted by Gasteiger charge is -2.10. The molecule has 1 aromatic heterocycles. The molecule has 106 valence electrons. The van der Waals surface area contributed by atoms with Crippen LogP contribution in [0.15, 0.2) is 24.3 Å². The van der Waals surface area contributed by atoms with E-state index in [9.17, 15) is 0 Å². The van der Waals surface area contributed by atoms with Crippen LogP contribution in [-0.2, 0) is 11.3 Å². The lowest BCUT2D eigenvalue weighted by molar-refractivity contribution is -0.676. The molecule has 0 aliphatic carbocycles. The summed E-state index contributed by atoms with van der Waals surface area (Å²) in [5, 5.41) is 4.05. The van der Waals surface area contributed by atoms with Gasteiger partial charge in [-0.2, -0.15) is 0 Å². The highest BCUT2D eigenvalue weighted by molar-refractivity contribution is 6.30. The molecular weight excluding hydrogens is 272 g/mol. The number of benzene rings is 1. The molecule has 2 heterocycles. The van der Waals surface area contributed by atoms with Gasteiger partial charge in [-0.05, 0) is 31.4 Å².